The van der Waals surface area contributed by atoms with Gasteiger partial charge in [-0.2, -0.15) is 0 Å². The summed E-state index contributed by atoms with van der Waals surface area (Å²) >= 11 is 6.60. The molecule has 1 heterocycles. The lowest BCUT2D eigenvalue weighted by atomic mass is 10.1. The summed E-state index contributed by atoms with van der Waals surface area (Å²) < 4.78 is 10.1. The van der Waals surface area contributed by atoms with E-state index in [0.29, 0.717) is 34.4 Å². The van der Waals surface area contributed by atoms with Crippen LogP contribution in [0.1, 0.15) is 48.5 Å². The summed E-state index contributed by atoms with van der Waals surface area (Å²) in [5, 5.41) is 0. The zero-order valence-electron chi connectivity index (χ0n) is 15.9. The predicted octanol–water partition coefficient (Wildman–Crippen LogP) is 3.80. The minimum absolute atomic E-state index is 0.113. The van der Waals surface area contributed by atoms with Gasteiger partial charge in [-0.15, -0.1) is 0 Å². The van der Waals surface area contributed by atoms with Gasteiger partial charge in [0.15, 0.2) is 0 Å². The molecule has 1 fully saturated rings. The summed E-state index contributed by atoms with van der Waals surface area (Å²) in [6, 6.07) is 6.83. The first-order chi connectivity index (χ1) is 13.5. The summed E-state index contributed by atoms with van der Waals surface area (Å²) in [5.41, 5.74) is 1.26. The topological polar surface area (TPSA) is 72.9 Å². The maximum atomic E-state index is 12.6. The number of hydrogen-bond acceptors (Lipinski definition) is 7. The number of amides is 1. The van der Waals surface area contributed by atoms with Crippen LogP contribution < -0.4 is 0 Å². The molecule has 0 spiro atoms. The molecule has 0 N–H and O–H groups in total. The third-order valence-electron chi connectivity index (χ3n) is 4.07. The van der Waals surface area contributed by atoms with Crippen molar-refractivity contribution >= 4 is 52.2 Å². The van der Waals surface area contributed by atoms with E-state index in [2.05, 4.69) is 4.74 Å². The molecule has 150 valence electrons. The van der Waals surface area contributed by atoms with Gasteiger partial charge in [0.25, 0.3) is 5.91 Å². The number of ether oxygens (including phenoxy) is 2. The molecule has 6 nitrogen and oxygen atoms in total. The summed E-state index contributed by atoms with van der Waals surface area (Å²) in [7, 11) is 1.33. The lowest BCUT2D eigenvalue weighted by molar-refractivity contribution is -0.143. The molecule has 0 radical (unpaired) electrons. The van der Waals surface area contributed by atoms with E-state index in [0.717, 1.165) is 24.8 Å². The molecule has 0 unspecified atom stereocenters. The van der Waals surface area contributed by atoms with Crippen LogP contribution in [0.5, 0.6) is 0 Å². The molecule has 1 saturated heterocycles. The first-order valence-corrected chi connectivity index (χ1v) is 10.3. The van der Waals surface area contributed by atoms with Crippen molar-refractivity contribution in [2.75, 3.05) is 20.3 Å². The normalized spacial score (nSPS) is 15.2. The van der Waals surface area contributed by atoms with Crippen molar-refractivity contribution in [3.05, 3.63) is 40.3 Å². The highest BCUT2D eigenvalue weighted by Crippen LogP contribution is 2.32. The largest absolute Gasteiger partial charge is 0.466 e. The van der Waals surface area contributed by atoms with Gasteiger partial charge in [-0.3, -0.25) is 14.5 Å². The molecule has 1 aromatic rings. The average molecular weight is 422 g/mol. The molecule has 8 heteroatoms. The molecule has 1 amide bonds. The second-order valence-corrected chi connectivity index (χ2v) is 7.74. The minimum atomic E-state index is -0.402. The van der Waals surface area contributed by atoms with Crippen LogP contribution in [-0.2, 0) is 19.1 Å². The number of rotatable bonds is 9. The van der Waals surface area contributed by atoms with Gasteiger partial charge in [0, 0.05) is 13.0 Å². The van der Waals surface area contributed by atoms with Crippen LogP contribution in [0.25, 0.3) is 6.08 Å². The van der Waals surface area contributed by atoms with E-state index in [4.69, 9.17) is 17.0 Å². The van der Waals surface area contributed by atoms with Crippen molar-refractivity contribution in [2.45, 2.75) is 32.6 Å². The highest BCUT2D eigenvalue weighted by Gasteiger charge is 2.31. The van der Waals surface area contributed by atoms with Gasteiger partial charge in [0.05, 0.1) is 24.2 Å². The SMILES string of the molecule is CCOC(=O)CCCCCN1C(=O)/C(=C/c2ccc(C(=O)OC)cc2)SC1=S. The fourth-order valence-electron chi connectivity index (χ4n) is 2.63. The first-order valence-electron chi connectivity index (χ1n) is 9.05. The second kappa shape index (κ2) is 11.0. The summed E-state index contributed by atoms with van der Waals surface area (Å²) in [5.74, 6) is -0.701. The Bertz CT molecular complexity index is 773. The highest BCUT2D eigenvalue weighted by molar-refractivity contribution is 8.26. The molecule has 2 rings (SSSR count). The monoisotopic (exact) mass is 421 g/mol. The average Bonchev–Trinajstić information content (AvgIpc) is 2.95. The molecular weight excluding hydrogens is 398 g/mol. The van der Waals surface area contributed by atoms with Crippen LogP contribution in [0, 0.1) is 0 Å². The Morgan fingerprint density at radius 1 is 1.18 bits per heavy atom. The van der Waals surface area contributed by atoms with Crippen LogP contribution >= 0.6 is 24.0 Å². The van der Waals surface area contributed by atoms with Gasteiger partial charge in [0.2, 0.25) is 0 Å². The van der Waals surface area contributed by atoms with Gasteiger partial charge in [0.1, 0.15) is 4.32 Å². The number of esters is 2. The van der Waals surface area contributed by atoms with E-state index in [1.165, 1.54) is 18.9 Å². The van der Waals surface area contributed by atoms with Gasteiger partial charge >= 0.3 is 11.9 Å². The number of nitrogens with zero attached hydrogens (tertiary/aromatic N) is 1. The molecule has 1 aromatic carbocycles. The quantitative estimate of drug-likeness (QED) is 0.260. The third kappa shape index (κ3) is 6.17. The van der Waals surface area contributed by atoms with Crippen molar-refractivity contribution in [2.24, 2.45) is 0 Å². The van der Waals surface area contributed by atoms with Crippen LogP contribution in [0.3, 0.4) is 0 Å². The van der Waals surface area contributed by atoms with Crippen molar-refractivity contribution < 1.29 is 23.9 Å². The Kier molecular flexibility index (Phi) is 8.66. The van der Waals surface area contributed by atoms with Gasteiger partial charge in [-0.05, 0) is 43.5 Å². The minimum Gasteiger partial charge on any atom is -0.466 e. The molecule has 1 aliphatic rings. The zero-order chi connectivity index (χ0) is 20.5. The highest BCUT2D eigenvalue weighted by atomic mass is 32.2. The first kappa shape index (κ1) is 22.1. The Morgan fingerprint density at radius 2 is 1.89 bits per heavy atom. The number of thioether (sulfide) groups is 1. The zero-order valence-corrected chi connectivity index (χ0v) is 17.6. The molecule has 28 heavy (non-hydrogen) atoms. The van der Waals surface area contributed by atoms with Crippen LogP contribution in [0.15, 0.2) is 29.2 Å². The van der Waals surface area contributed by atoms with Gasteiger partial charge in [-0.25, -0.2) is 4.79 Å². The number of thiocarbonyl (C=S) groups is 1. The number of benzene rings is 1. The van der Waals surface area contributed by atoms with E-state index in [1.807, 2.05) is 0 Å². The third-order valence-corrected chi connectivity index (χ3v) is 5.45. The van der Waals surface area contributed by atoms with Crippen LogP contribution in [0.4, 0.5) is 0 Å². The van der Waals surface area contributed by atoms with Crippen molar-refractivity contribution in [1.82, 2.24) is 4.90 Å². The van der Waals surface area contributed by atoms with E-state index >= 15 is 0 Å². The van der Waals surface area contributed by atoms with Crippen molar-refractivity contribution in [1.29, 1.82) is 0 Å². The van der Waals surface area contributed by atoms with E-state index in [9.17, 15) is 14.4 Å². The Hall–Kier alpha value is -2.19. The fourth-order valence-corrected chi connectivity index (χ4v) is 3.94. The van der Waals surface area contributed by atoms with E-state index < -0.39 is 5.97 Å². The number of methoxy groups -OCH3 is 1. The van der Waals surface area contributed by atoms with E-state index in [1.54, 1.807) is 42.2 Å². The summed E-state index contributed by atoms with van der Waals surface area (Å²) in [6.07, 6.45) is 4.49. The maximum absolute atomic E-state index is 12.6. The van der Waals surface area contributed by atoms with Crippen LogP contribution in [0.2, 0.25) is 0 Å². The smallest absolute Gasteiger partial charge is 0.337 e. The van der Waals surface area contributed by atoms with Crippen molar-refractivity contribution in [3.8, 4) is 0 Å². The summed E-state index contributed by atoms with van der Waals surface area (Å²) in [6.45, 7) is 2.72. The number of unbranched alkanes of at least 4 members (excludes halogenated alkanes) is 2. The lowest BCUT2D eigenvalue weighted by Gasteiger charge is -2.13. The molecule has 0 atom stereocenters. The predicted molar refractivity (Wildman–Crippen MR) is 113 cm³/mol. The molecule has 0 bridgehead atoms. The Balaban J connectivity index is 1.87. The number of carbonyl (C=O) groups is 3. The van der Waals surface area contributed by atoms with Gasteiger partial charge < -0.3 is 9.47 Å². The van der Waals surface area contributed by atoms with Crippen LogP contribution in [-0.4, -0.2) is 47.3 Å². The fraction of sp³-hybridized carbons (Fsp3) is 0.400. The molecular formula is C20H23NO5S2. The number of hydrogen-bond donors (Lipinski definition) is 0. The maximum Gasteiger partial charge on any atom is 0.337 e. The van der Waals surface area contributed by atoms with E-state index in [-0.39, 0.29) is 11.9 Å². The lowest BCUT2D eigenvalue weighted by Crippen LogP contribution is -2.29. The summed E-state index contributed by atoms with van der Waals surface area (Å²) in [4.78, 5) is 37.5. The standard InChI is InChI=1S/C20H23NO5S2/c1-3-26-17(22)7-5-4-6-12-21-18(23)16(28-20(21)27)13-14-8-10-15(11-9-14)19(24)25-2/h8-11,13H,3-7,12H2,1-2H3/b16-13-. The second-order valence-electron chi connectivity index (χ2n) is 6.06. The molecule has 0 aromatic heterocycles. The van der Waals surface area contributed by atoms with Gasteiger partial charge in [-0.1, -0.05) is 42.5 Å². The molecule has 1 aliphatic heterocycles. The molecule has 0 saturated carbocycles. The Labute approximate surface area is 174 Å². The Morgan fingerprint density at radius 3 is 2.54 bits per heavy atom. The number of carbonyl (C=O) groups excluding carboxylic acids is 3. The molecule has 0 aliphatic carbocycles. The van der Waals surface area contributed by atoms with Crippen molar-refractivity contribution in [3.63, 3.8) is 0 Å².